The van der Waals surface area contributed by atoms with Crippen LogP contribution in [-0.4, -0.2) is 72.7 Å². The van der Waals surface area contributed by atoms with Crippen molar-refractivity contribution in [3.8, 4) is 0 Å². The zero-order chi connectivity index (χ0) is 20.2. The molecule has 0 aliphatic carbocycles. The van der Waals surface area contributed by atoms with Crippen molar-refractivity contribution in [3.63, 3.8) is 0 Å². The van der Waals surface area contributed by atoms with Crippen LogP contribution < -0.4 is 5.32 Å². The Morgan fingerprint density at radius 1 is 1.26 bits per heavy atom. The predicted molar refractivity (Wildman–Crippen MR) is 105 cm³/mol. The van der Waals surface area contributed by atoms with Gasteiger partial charge in [0.05, 0.1) is 10.7 Å². The number of nitrogens with one attached hydrogen (secondary N) is 1. The Bertz CT molecular complexity index is 628. The van der Waals surface area contributed by atoms with Crippen LogP contribution in [0.15, 0.2) is 10.4 Å². The molecule has 1 aliphatic heterocycles. The predicted octanol–water partition coefficient (Wildman–Crippen LogP) is 3.13. The molecule has 1 fully saturated rings. The molecule has 1 atom stereocenters. The highest BCUT2D eigenvalue weighted by Gasteiger charge is 2.41. The maximum Gasteiger partial charge on any atom is 0.403 e. The van der Waals surface area contributed by atoms with Crippen LogP contribution in [0.1, 0.15) is 38.4 Å². The SMILES string of the molecule is CN=C(NCCc1nc(C(C)(C)C)cs1)N1CCN(C(C)C(F)(F)F)CC1. The molecule has 1 saturated heterocycles. The van der Waals surface area contributed by atoms with Gasteiger partial charge in [0.15, 0.2) is 5.96 Å². The molecule has 0 spiro atoms. The Kier molecular flexibility index (Phi) is 7.13. The number of alkyl halides is 3. The number of aliphatic imine (C=N–C) groups is 1. The number of hydrogen-bond donors (Lipinski definition) is 1. The van der Waals surface area contributed by atoms with E-state index in [4.69, 9.17) is 0 Å². The fraction of sp³-hybridized carbons (Fsp3) is 0.778. The molecule has 1 N–H and O–H groups in total. The van der Waals surface area contributed by atoms with Gasteiger partial charge in [0.2, 0.25) is 0 Å². The van der Waals surface area contributed by atoms with Crippen LogP contribution >= 0.6 is 11.3 Å². The maximum absolute atomic E-state index is 12.9. The number of nitrogens with zero attached hydrogens (tertiary/aromatic N) is 4. The molecule has 9 heteroatoms. The van der Waals surface area contributed by atoms with Crippen LogP contribution in [0.4, 0.5) is 13.2 Å². The molecule has 0 saturated carbocycles. The van der Waals surface area contributed by atoms with E-state index in [0.717, 1.165) is 23.1 Å². The first-order chi connectivity index (χ1) is 12.5. The summed E-state index contributed by atoms with van der Waals surface area (Å²) in [6, 6.07) is -1.41. The van der Waals surface area contributed by atoms with Crippen molar-refractivity contribution >= 4 is 17.3 Å². The lowest BCUT2D eigenvalue weighted by Gasteiger charge is -2.39. The molecule has 1 aromatic rings. The van der Waals surface area contributed by atoms with Crippen molar-refractivity contribution in [3.05, 3.63) is 16.1 Å². The zero-order valence-corrected chi connectivity index (χ0v) is 17.5. The van der Waals surface area contributed by atoms with E-state index in [-0.39, 0.29) is 5.41 Å². The summed E-state index contributed by atoms with van der Waals surface area (Å²) < 4.78 is 38.6. The zero-order valence-electron chi connectivity index (χ0n) is 16.7. The van der Waals surface area contributed by atoms with E-state index in [9.17, 15) is 13.2 Å². The number of rotatable bonds is 4. The van der Waals surface area contributed by atoms with Crippen molar-refractivity contribution in [2.24, 2.45) is 4.99 Å². The summed E-state index contributed by atoms with van der Waals surface area (Å²) in [5.41, 5.74) is 1.15. The van der Waals surface area contributed by atoms with E-state index < -0.39 is 12.2 Å². The van der Waals surface area contributed by atoms with E-state index in [2.05, 4.69) is 41.4 Å². The minimum absolute atomic E-state index is 0.0471. The topological polar surface area (TPSA) is 43.8 Å². The lowest BCUT2D eigenvalue weighted by Crippen LogP contribution is -2.56. The quantitative estimate of drug-likeness (QED) is 0.618. The number of halogens is 3. The second-order valence-corrected chi connectivity index (χ2v) is 8.78. The Balaban J connectivity index is 1.80. The first-order valence-electron chi connectivity index (χ1n) is 9.23. The second kappa shape index (κ2) is 8.77. The van der Waals surface area contributed by atoms with Gasteiger partial charge < -0.3 is 10.2 Å². The van der Waals surface area contributed by atoms with Gasteiger partial charge in [-0.3, -0.25) is 9.89 Å². The molecule has 0 amide bonds. The lowest BCUT2D eigenvalue weighted by molar-refractivity contribution is -0.181. The fourth-order valence-corrected chi connectivity index (χ4v) is 3.94. The molecule has 5 nitrogen and oxygen atoms in total. The van der Waals surface area contributed by atoms with Crippen LogP contribution in [0.3, 0.4) is 0 Å². The van der Waals surface area contributed by atoms with Gasteiger partial charge in [0, 0.05) is 57.0 Å². The number of guanidine groups is 1. The highest BCUT2D eigenvalue weighted by atomic mass is 32.1. The number of hydrogen-bond acceptors (Lipinski definition) is 4. The van der Waals surface area contributed by atoms with E-state index in [1.165, 1.54) is 11.8 Å². The van der Waals surface area contributed by atoms with E-state index in [0.29, 0.717) is 32.7 Å². The molecule has 154 valence electrons. The van der Waals surface area contributed by atoms with Crippen LogP contribution in [0.25, 0.3) is 0 Å². The average Bonchev–Trinajstić information content (AvgIpc) is 3.07. The minimum atomic E-state index is -4.18. The molecular weight excluding hydrogens is 375 g/mol. The first kappa shape index (κ1) is 21.9. The third kappa shape index (κ3) is 6.07. The highest BCUT2D eigenvalue weighted by Crippen LogP contribution is 2.25. The van der Waals surface area contributed by atoms with Crippen molar-refractivity contribution in [1.82, 2.24) is 20.1 Å². The molecule has 0 bridgehead atoms. The normalized spacial score (nSPS) is 18.7. The lowest BCUT2D eigenvalue weighted by atomic mass is 9.93. The van der Waals surface area contributed by atoms with Crippen molar-refractivity contribution < 1.29 is 13.2 Å². The van der Waals surface area contributed by atoms with Gasteiger partial charge in [-0.15, -0.1) is 11.3 Å². The molecule has 2 rings (SSSR count). The van der Waals surface area contributed by atoms with Crippen LogP contribution in [0, 0.1) is 0 Å². The third-order valence-electron chi connectivity index (χ3n) is 4.79. The van der Waals surface area contributed by atoms with Gasteiger partial charge in [0.1, 0.15) is 6.04 Å². The fourth-order valence-electron chi connectivity index (χ4n) is 2.91. The minimum Gasteiger partial charge on any atom is -0.356 e. The number of piperazine rings is 1. The largest absolute Gasteiger partial charge is 0.403 e. The first-order valence-corrected chi connectivity index (χ1v) is 10.1. The van der Waals surface area contributed by atoms with Crippen molar-refractivity contribution in [2.75, 3.05) is 39.8 Å². The van der Waals surface area contributed by atoms with Crippen molar-refractivity contribution in [1.29, 1.82) is 0 Å². The van der Waals surface area contributed by atoms with Crippen LogP contribution in [0.2, 0.25) is 0 Å². The molecular formula is C18H30F3N5S. The second-order valence-electron chi connectivity index (χ2n) is 7.84. The van der Waals surface area contributed by atoms with E-state index >= 15 is 0 Å². The van der Waals surface area contributed by atoms with Gasteiger partial charge in [0.25, 0.3) is 0 Å². The van der Waals surface area contributed by atoms with Crippen LogP contribution in [0.5, 0.6) is 0 Å². The smallest absolute Gasteiger partial charge is 0.356 e. The van der Waals surface area contributed by atoms with Gasteiger partial charge >= 0.3 is 6.18 Å². The van der Waals surface area contributed by atoms with Gasteiger partial charge in [-0.1, -0.05) is 20.8 Å². The third-order valence-corrected chi connectivity index (χ3v) is 5.70. The molecule has 1 unspecified atom stereocenters. The Morgan fingerprint density at radius 2 is 1.89 bits per heavy atom. The molecule has 0 radical (unpaired) electrons. The molecule has 2 heterocycles. The molecule has 1 aliphatic rings. The summed E-state index contributed by atoms with van der Waals surface area (Å²) in [4.78, 5) is 12.5. The standard InChI is InChI=1S/C18H30F3N5S/c1-13(18(19,20)21)25-8-10-26(11-9-25)16(22-5)23-7-6-15-24-14(12-27-15)17(2,3)4/h12-13H,6-11H2,1-5H3,(H,22,23). The Morgan fingerprint density at radius 3 is 2.37 bits per heavy atom. The molecule has 0 aromatic carbocycles. The summed E-state index contributed by atoms with van der Waals surface area (Å²) in [6.45, 7) is 10.2. The molecule has 27 heavy (non-hydrogen) atoms. The average molecular weight is 406 g/mol. The van der Waals surface area contributed by atoms with E-state index in [1.807, 2.05) is 4.90 Å². The van der Waals surface area contributed by atoms with Crippen molar-refractivity contribution in [2.45, 2.75) is 51.7 Å². The van der Waals surface area contributed by atoms with Gasteiger partial charge in [-0.2, -0.15) is 13.2 Å². The summed E-state index contributed by atoms with van der Waals surface area (Å²) in [5, 5.41) is 6.49. The maximum atomic E-state index is 12.9. The van der Waals surface area contributed by atoms with E-state index in [1.54, 1.807) is 18.4 Å². The van der Waals surface area contributed by atoms with Crippen LogP contribution in [-0.2, 0) is 11.8 Å². The number of aromatic nitrogens is 1. The Hall–Kier alpha value is -1.35. The molecule has 1 aromatic heterocycles. The summed E-state index contributed by atoms with van der Waals surface area (Å²) in [5.74, 6) is 0.738. The summed E-state index contributed by atoms with van der Waals surface area (Å²) >= 11 is 1.66. The highest BCUT2D eigenvalue weighted by molar-refractivity contribution is 7.09. The summed E-state index contributed by atoms with van der Waals surface area (Å²) in [7, 11) is 1.70. The Labute approximate surface area is 163 Å². The monoisotopic (exact) mass is 405 g/mol. The number of thiazole rings is 1. The van der Waals surface area contributed by atoms with Gasteiger partial charge in [-0.05, 0) is 6.92 Å². The summed E-state index contributed by atoms with van der Waals surface area (Å²) in [6.07, 6.45) is -3.38. The van der Waals surface area contributed by atoms with Gasteiger partial charge in [-0.25, -0.2) is 4.98 Å².